The highest BCUT2D eigenvalue weighted by Gasteiger charge is 2.33. The summed E-state index contributed by atoms with van der Waals surface area (Å²) in [6, 6.07) is 8.34. The third kappa shape index (κ3) is 4.23. The predicted octanol–water partition coefficient (Wildman–Crippen LogP) is 2.37. The molecular formula is C20H29N3O2S. The van der Waals surface area contributed by atoms with Gasteiger partial charge in [0, 0.05) is 45.2 Å². The molecule has 26 heavy (non-hydrogen) atoms. The van der Waals surface area contributed by atoms with Crippen LogP contribution in [0.1, 0.15) is 30.3 Å². The fourth-order valence-electron chi connectivity index (χ4n) is 3.62. The van der Waals surface area contributed by atoms with Gasteiger partial charge in [-0.15, -0.1) is 11.8 Å². The molecule has 2 fully saturated rings. The molecule has 2 heterocycles. The van der Waals surface area contributed by atoms with Crippen LogP contribution in [0.15, 0.2) is 24.3 Å². The van der Waals surface area contributed by atoms with Gasteiger partial charge in [-0.2, -0.15) is 0 Å². The number of hydrogen-bond acceptors (Lipinski definition) is 4. The van der Waals surface area contributed by atoms with E-state index in [1.807, 2.05) is 29.7 Å². The molecule has 2 saturated heterocycles. The smallest absolute Gasteiger partial charge is 0.233 e. The summed E-state index contributed by atoms with van der Waals surface area (Å²) in [5, 5.41) is 0.132. The lowest BCUT2D eigenvalue weighted by molar-refractivity contribution is -0.136. The van der Waals surface area contributed by atoms with Crippen LogP contribution in [0.3, 0.4) is 0 Å². The van der Waals surface area contributed by atoms with Crippen LogP contribution in [-0.2, 0) is 9.59 Å². The quantitative estimate of drug-likeness (QED) is 0.793. The van der Waals surface area contributed by atoms with E-state index >= 15 is 0 Å². The second kappa shape index (κ2) is 8.44. The van der Waals surface area contributed by atoms with Gasteiger partial charge in [0.15, 0.2) is 0 Å². The molecule has 1 aromatic rings. The average Bonchev–Trinajstić information content (AvgIpc) is 3.00. The van der Waals surface area contributed by atoms with E-state index in [1.165, 1.54) is 11.1 Å². The van der Waals surface area contributed by atoms with Gasteiger partial charge >= 0.3 is 0 Å². The fraction of sp³-hybridized carbons (Fsp3) is 0.600. The number of rotatable bonds is 5. The number of amides is 2. The van der Waals surface area contributed by atoms with Crippen LogP contribution in [0.4, 0.5) is 0 Å². The number of carbonyl (C=O) groups is 2. The fourth-order valence-corrected chi connectivity index (χ4v) is 4.94. The molecule has 6 heteroatoms. The molecule has 2 aliphatic heterocycles. The Balaban J connectivity index is 1.55. The molecule has 0 radical (unpaired) electrons. The Bertz CT molecular complexity index is 656. The van der Waals surface area contributed by atoms with Crippen LogP contribution in [0, 0.1) is 12.8 Å². The molecular weight excluding hydrogens is 346 g/mol. The lowest BCUT2D eigenvalue weighted by atomic mass is 10.1. The Hall–Kier alpha value is -1.53. The maximum atomic E-state index is 12.4. The minimum absolute atomic E-state index is 0.0654. The van der Waals surface area contributed by atoms with Crippen LogP contribution >= 0.6 is 11.8 Å². The van der Waals surface area contributed by atoms with Crippen molar-refractivity contribution in [3.63, 3.8) is 0 Å². The SMILES string of the molecule is Cc1ccccc1C1SCC(=O)N1CCN1CCN(C(=O)C(C)C)CC1. The summed E-state index contributed by atoms with van der Waals surface area (Å²) in [5.74, 6) is 1.11. The maximum absolute atomic E-state index is 12.4. The number of thioether (sulfide) groups is 1. The standard InChI is InChI=1S/C20H29N3O2S/c1-15(2)19(25)22-11-8-21(9-12-22)10-13-23-18(24)14-26-20(23)17-7-5-4-6-16(17)3/h4-7,15,20H,8-14H2,1-3H3. The summed E-state index contributed by atoms with van der Waals surface area (Å²) in [5.41, 5.74) is 2.49. The van der Waals surface area contributed by atoms with E-state index in [9.17, 15) is 9.59 Å². The van der Waals surface area contributed by atoms with Crippen molar-refractivity contribution in [2.24, 2.45) is 5.92 Å². The molecule has 0 N–H and O–H groups in total. The van der Waals surface area contributed by atoms with Gasteiger partial charge in [0.1, 0.15) is 5.37 Å². The molecule has 0 bridgehead atoms. The van der Waals surface area contributed by atoms with E-state index in [2.05, 4.69) is 30.0 Å². The number of hydrogen-bond donors (Lipinski definition) is 0. The van der Waals surface area contributed by atoms with Crippen molar-refractivity contribution in [2.45, 2.75) is 26.1 Å². The topological polar surface area (TPSA) is 43.9 Å². The van der Waals surface area contributed by atoms with Gasteiger partial charge in [-0.05, 0) is 18.1 Å². The van der Waals surface area contributed by atoms with Crippen molar-refractivity contribution in [1.29, 1.82) is 0 Å². The van der Waals surface area contributed by atoms with Crippen molar-refractivity contribution in [3.8, 4) is 0 Å². The van der Waals surface area contributed by atoms with Gasteiger partial charge in [0.05, 0.1) is 5.75 Å². The molecule has 1 unspecified atom stereocenters. The third-order valence-electron chi connectivity index (χ3n) is 5.26. The second-order valence-corrected chi connectivity index (χ2v) is 8.50. The molecule has 1 aromatic carbocycles. The second-order valence-electron chi connectivity index (χ2n) is 7.43. The summed E-state index contributed by atoms with van der Waals surface area (Å²) in [4.78, 5) is 30.9. The van der Waals surface area contributed by atoms with Gasteiger partial charge in [0.25, 0.3) is 0 Å². The average molecular weight is 376 g/mol. The lowest BCUT2D eigenvalue weighted by Gasteiger charge is -2.36. The van der Waals surface area contributed by atoms with Crippen LogP contribution < -0.4 is 0 Å². The van der Waals surface area contributed by atoms with Crippen LogP contribution in [0.25, 0.3) is 0 Å². The normalized spacial score (nSPS) is 21.7. The van der Waals surface area contributed by atoms with Crippen molar-refractivity contribution in [3.05, 3.63) is 35.4 Å². The minimum atomic E-state index is 0.0654. The predicted molar refractivity (Wildman–Crippen MR) is 106 cm³/mol. The zero-order valence-corrected chi connectivity index (χ0v) is 16.8. The molecule has 5 nitrogen and oxygen atoms in total. The Kier molecular flexibility index (Phi) is 6.24. The summed E-state index contributed by atoms with van der Waals surface area (Å²) in [7, 11) is 0. The number of benzene rings is 1. The van der Waals surface area contributed by atoms with Gasteiger partial charge in [-0.3, -0.25) is 14.5 Å². The van der Waals surface area contributed by atoms with Crippen LogP contribution in [-0.4, -0.2) is 71.5 Å². The first-order valence-corrected chi connectivity index (χ1v) is 10.5. The summed E-state index contributed by atoms with van der Waals surface area (Å²) in [6.07, 6.45) is 0. The molecule has 0 spiro atoms. The molecule has 0 aliphatic carbocycles. The highest BCUT2D eigenvalue weighted by Crippen LogP contribution is 2.39. The zero-order valence-electron chi connectivity index (χ0n) is 16.0. The van der Waals surface area contributed by atoms with Crippen molar-refractivity contribution in [2.75, 3.05) is 45.0 Å². The Morgan fingerprint density at radius 3 is 2.50 bits per heavy atom. The molecule has 0 saturated carbocycles. The maximum Gasteiger partial charge on any atom is 0.233 e. The molecule has 2 aliphatic rings. The van der Waals surface area contributed by atoms with E-state index in [-0.39, 0.29) is 23.1 Å². The highest BCUT2D eigenvalue weighted by atomic mass is 32.2. The molecule has 142 valence electrons. The van der Waals surface area contributed by atoms with Gasteiger partial charge < -0.3 is 9.80 Å². The van der Waals surface area contributed by atoms with E-state index in [0.717, 1.165) is 39.3 Å². The Morgan fingerprint density at radius 2 is 1.85 bits per heavy atom. The first-order valence-electron chi connectivity index (χ1n) is 9.45. The van der Waals surface area contributed by atoms with Crippen molar-refractivity contribution >= 4 is 23.6 Å². The van der Waals surface area contributed by atoms with Crippen LogP contribution in [0.5, 0.6) is 0 Å². The van der Waals surface area contributed by atoms with Gasteiger partial charge in [0.2, 0.25) is 11.8 Å². The molecule has 3 rings (SSSR count). The summed E-state index contributed by atoms with van der Waals surface area (Å²) < 4.78 is 0. The molecule has 0 aromatic heterocycles. The van der Waals surface area contributed by atoms with Crippen molar-refractivity contribution in [1.82, 2.24) is 14.7 Å². The Morgan fingerprint density at radius 1 is 1.15 bits per heavy atom. The van der Waals surface area contributed by atoms with Gasteiger partial charge in [-0.1, -0.05) is 38.1 Å². The van der Waals surface area contributed by atoms with E-state index in [4.69, 9.17) is 0 Å². The van der Waals surface area contributed by atoms with E-state index < -0.39 is 0 Å². The summed E-state index contributed by atoms with van der Waals surface area (Å²) in [6.45, 7) is 11.0. The minimum Gasteiger partial charge on any atom is -0.340 e. The summed E-state index contributed by atoms with van der Waals surface area (Å²) >= 11 is 1.72. The number of nitrogens with zero attached hydrogens (tertiary/aromatic N) is 3. The van der Waals surface area contributed by atoms with E-state index in [1.54, 1.807) is 11.8 Å². The van der Waals surface area contributed by atoms with E-state index in [0.29, 0.717) is 5.75 Å². The lowest BCUT2D eigenvalue weighted by Crippen LogP contribution is -2.51. The van der Waals surface area contributed by atoms with Crippen LogP contribution in [0.2, 0.25) is 0 Å². The Labute approximate surface area is 160 Å². The van der Waals surface area contributed by atoms with Crippen molar-refractivity contribution < 1.29 is 9.59 Å². The zero-order chi connectivity index (χ0) is 18.7. The largest absolute Gasteiger partial charge is 0.340 e. The highest BCUT2D eigenvalue weighted by molar-refractivity contribution is 8.00. The number of aryl methyl sites for hydroxylation is 1. The first-order chi connectivity index (χ1) is 12.5. The number of carbonyl (C=O) groups excluding carboxylic acids is 2. The monoisotopic (exact) mass is 375 g/mol. The molecule has 1 atom stereocenters. The first kappa shape index (κ1) is 19.2. The molecule has 2 amide bonds. The van der Waals surface area contributed by atoms with Gasteiger partial charge in [-0.25, -0.2) is 0 Å². The third-order valence-corrected chi connectivity index (χ3v) is 6.50. The number of piperazine rings is 1.